The summed E-state index contributed by atoms with van der Waals surface area (Å²) in [6.45, 7) is 8.78. The number of aryl methyl sites for hydroxylation is 1. The molecule has 162 valence electrons. The van der Waals surface area contributed by atoms with Gasteiger partial charge in [0.2, 0.25) is 0 Å². The lowest BCUT2D eigenvalue weighted by atomic mass is 10.1. The van der Waals surface area contributed by atoms with Gasteiger partial charge in [-0.05, 0) is 23.6 Å². The van der Waals surface area contributed by atoms with Crippen LogP contribution in [0.3, 0.4) is 0 Å². The number of ether oxygens (including phenoxy) is 2. The Morgan fingerprint density at radius 1 is 0.967 bits per heavy atom. The molecular weight excluding hydrogens is 376 g/mol. The SMILES string of the molecule is CCc1ccccc1CNC(=NC)NCc1ccccc1OCCN1CCOCC1. The number of hydrogen-bond acceptors (Lipinski definition) is 4. The summed E-state index contributed by atoms with van der Waals surface area (Å²) in [5, 5.41) is 6.82. The molecule has 2 aromatic rings. The van der Waals surface area contributed by atoms with E-state index in [9.17, 15) is 0 Å². The Morgan fingerprint density at radius 3 is 2.30 bits per heavy atom. The third-order valence-electron chi connectivity index (χ3n) is 5.36. The number of benzene rings is 2. The molecule has 1 aliphatic rings. The molecule has 2 aromatic carbocycles. The Kier molecular flexibility index (Phi) is 9.00. The van der Waals surface area contributed by atoms with Crippen molar-refractivity contribution < 1.29 is 9.47 Å². The Labute approximate surface area is 180 Å². The summed E-state index contributed by atoms with van der Waals surface area (Å²) in [7, 11) is 1.80. The van der Waals surface area contributed by atoms with E-state index >= 15 is 0 Å². The summed E-state index contributed by atoms with van der Waals surface area (Å²) in [5.74, 6) is 1.70. The van der Waals surface area contributed by atoms with Crippen LogP contribution in [-0.4, -0.2) is 57.4 Å². The number of nitrogens with zero attached hydrogens (tertiary/aromatic N) is 2. The summed E-state index contributed by atoms with van der Waals surface area (Å²) >= 11 is 0. The Hall–Kier alpha value is -2.57. The van der Waals surface area contributed by atoms with Gasteiger partial charge in [0.05, 0.1) is 13.2 Å². The van der Waals surface area contributed by atoms with E-state index in [-0.39, 0.29) is 0 Å². The number of morpholine rings is 1. The van der Waals surface area contributed by atoms with Crippen molar-refractivity contribution in [2.45, 2.75) is 26.4 Å². The monoisotopic (exact) mass is 410 g/mol. The van der Waals surface area contributed by atoms with Gasteiger partial charge in [-0.3, -0.25) is 9.89 Å². The van der Waals surface area contributed by atoms with Gasteiger partial charge in [0.1, 0.15) is 12.4 Å². The molecule has 3 rings (SSSR count). The third-order valence-corrected chi connectivity index (χ3v) is 5.36. The van der Waals surface area contributed by atoms with E-state index in [0.717, 1.165) is 63.1 Å². The van der Waals surface area contributed by atoms with Crippen LogP contribution < -0.4 is 15.4 Å². The van der Waals surface area contributed by atoms with Crippen LogP contribution in [-0.2, 0) is 24.2 Å². The molecule has 0 amide bonds. The molecule has 0 radical (unpaired) electrons. The highest BCUT2D eigenvalue weighted by molar-refractivity contribution is 5.79. The van der Waals surface area contributed by atoms with Crippen molar-refractivity contribution in [3.63, 3.8) is 0 Å². The molecule has 0 aromatic heterocycles. The molecule has 6 heteroatoms. The molecule has 1 aliphatic heterocycles. The molecule has 1 fully saturated rings. The average molecular weight is 411 g/mol. The molecule has 0 unspecified atom stereocenters. The standard InChI is InChI=1S/C24H34N4O2/c1-3-20-8-4-5-9-21(20)18-26-24(25-2)27-19-22-10-6-7-11-23(22)30-17-14-28-12-15-29-16-13-28/h4-11H,3,12-19H2,1-2H3,(H2,25,26,27). The molecule has 2 N–H and O–H groups in total. The predicted molar refractivity (Wildman–Crippen MR) is 122 cm³/mol. The van der Waals surface area contributed by atoms with Crippen LogP contribution in [0.1, 0.15) is 23.6 Å². The van der Waals surface area contributed by atoms with Crippen LogP contribution in [0.4, 0.5) is 0 Å². The van der Waals surface area contributed by atoms with Gasteiger partial charge in [-0.25, -0.2) is 0 Å². The van der Waals surface area contributed by atoms with E-state index in [1.165, 1.54) is 11.1 Å². The molecule has 0 aliphatic carbocycles. The molecule has 0 bridgehead atoms. The van der Waals surface area contributed by atoms with Crippen molar-refractivity contribution in [1.82, 2.24) is 15.5 Å². The fourth-order valence-electron chi connectivity index (χ4n) is 3.55. The summed E-state index contributed by atoms with van der Waals surface area (Å²) in [4.78, 5) is 6.74. The predicted octanol–water partition coefficient (Wildman–Crippen LogP) is 2.83. The van der Waals surface area contributed by atoms with Gasteiger partial charge in [-0.2, -0.15) is 0 Å². The molecule has 0 spiro atoms. The number of rotatable bonds is 9. The molecule has 6 nitrogen and oxygen atoms in total. The van der Waals surface area contributed by atoms with Gasteiger partial charge in [-0.1, -0.05) is 49.4 Å². The van der Waals surface area contributed by atoms with Crippen LogP contribution in [0.2, 0.25) is 0 Å². The first-order valence-electron chi connectivity index (χ1n) is 10.8. The number of hydrogen-bond donors (Lipinski definition) is 2. The number of nitrogens with one attached hydrogen (secondary N) is 2. The second-order valence-corrected chi connectivity index (χ2v) is 7.31. The highest BCUT2D eigenvalue weighted by Gasteiger charge is 2.11. The van der Waals surface area contributed by atoms with Crippen molar-refractivity contribution >= 4 is 5.96 Å². The molecule has 30 heavy (non-hydrogen) atoms. The smallest absolute Gasteiger partial charge is 0.191 e. The number of para-hydroxylation sites is 1. The molecule has 0 atom stereocenters. The van der Waals surface area contributed by atoms with Crippen molar-refractivity contribution in [2.24, 2.45) is 4.99 Å². The second kappa shape index (κ2) is 12.2. The molecular formula is C24H34N4O2. The lowest BCUT2D eigenvalue weighted by molar-refractivity contribution is 0.0322. The summed E-state index contributed by atoms with van der Waals surface area (Å²) in [6.07, 6.45) is 1.03. The summed E-state index contributed by atoms with van der Waals surface area (Å²) in [6, 6.07) is 16.7. The largest absolute Gasteiger partial charge is 0.492 e. The fraction of sp³-hybridized carbons (Fsp3) is 0.458. The van der Waals surface area contributed by atoms with E-state index in [2.05, 4.69) is 57.8 Å². The van der Waals surface area contributed by atoms with E-state index < -0.39 is 0 Å². The fourth-order valence-corrected chi connectivity index (χ4v) is 3.55. The molecule has 1 saturated heterocycles. The number of guanidine groups is 1. The first-order valence-corrected chi connectivity index (χ1v) is 10.8. The normalized spacial score (nSPS) is 15.1. The molecule has 0 saturated carbocycles. The van der Waals surface area contributed by atoms with Crippen LogP contribution in [0.5, 0.6) is 5.75 Å². The Balaban J connectivity index is 1.49. The van der Waals surface area contributed by atoms with Gasteiger partial charge in [0.15, 0.2) is 5.96 Å². The van der Waals surface area contributed by atoms with Gasteiger partial charge in [0.25, 0.3) is 0 Å². The zero-order valence-corrected chi connectivity index (χ0v) is 18.2. The highest BCUT2D eigenvalue weighted by atomic mass is 16.5. The van der Waals surface area contributed by atoms with E-state index in [1.807, 2.05) is 18.2 Å². The van der Waals surface area contributed by atoms with E-state index in [0.29, 0.717) is 13.2 Å². The van der Waals surface area contributed by atoms with Crippen LogP contribution in [0, 0.1) is 0 Å². The molecule has 1 heterocycles. The second-order valence-electron chi connectivity index (χ2n) is 7.31. The van der Waals surface area contributed by atoms with Crippen molar-refractivity contribution in [3.05, 3.63) is 65.2 Å². The first-order chi connectivity index (χ1) is 14.8. The first kappa shape index (κ1) is 22.1. The van der Waals surface area contributed by atoms with Crippen LogP contribution in [0.25, 0.3) is 0 Å². The lowest BCUT2D eigenvalue weighted by Crippen LogP contribution is -2.38. The summed E-state index contributed by atoms with van der Waals surface area (Å²) in [5.41, 5.74) is 3.78. The zero-order chi connectivity index (χ0) is 21.0. The summed E-state index contributed by atoms with van der Waals surface area (Å²) < 4.78 is 11.5. The topological polar surface area (TPSA) is 58.1 Å². The van der Waals surface area contributed by atoms with Crippen molar-refractivity contribution in [1.29, 1.82) is 0 Å². The minimum Gasteiger partial charge on any atom is -0.492 e. The zero-order valence-electron chi connectivity index (χ0n) is 18.2. The quantitative estimate of drug-likeness (QED) is 0.492. The van der Waals surface area contributed by atoms with Crippen LogP contribution in [0.15, 0.2) is 53.5 Å². The van der Waals surface area contributed by atoms with Gasteiger partial charge in [0, 0.05) is 45.3 Å². The van der Waals surface area contributed by atoms with Gasteiger partial charge < -0.3 is 20.1 Å². The van der Waals surface area contributed by atoms with E-state index in [1.54, 1.807) is 7.05 Å². The third kappa shape index (κ3) is 6.75. The maximum Gasteiger partial charge on any atom is 0.191 e. The Bertz CT molecular complexity index is 803. The number of aliphatic imine (C=N–C) groups is 1. The maximum absolute atomic E-state index is 6.08. The van der Waals surface area contributed by atoms with Crippen LogP contribution >= 0.6 is 0 Å². The van der Waals surface area contributed by atoms with Crippen molar-refractivity contribution in [2.75, 3.05) is 46.5 Å². The van der Waals surface area contributed by atoms with Gasteiger partial charge in [-0.15, -0.1) is 0 Å². The van der Waals surface area contributed by atoms with E-state index in [4.69, 9.17) is 9.47 Å². The minimum absolute atomic E-state index is 0.656. The Morgan fingerprint density at radius 2 is 1.60 bits per heavy atom. The maximum atomic E-state index is 6.08. The average Bonchev–Trinajstić information content (AvgIpc) is 2.81. The minimum atomic E-state index is 0.656. The van der Waals surface area contributed by atoms with Gasteiger partial charge >= 0.3 is 0 Å². The highest BCUT2D eigenvalue weighted by Crippen LogP contribution is 2.18. The van der Waals surface area contributed by atoms with Crippen molar-refractivity contribution in [3.8, 4) is 5.75 Å². The lowest BCUT2D eigenvalue weighted by Gasteiger charge is -2.26.